The molecule has 0 saturated heterocycles. The van der Waals surface area contributed by atoms with Crippen molar-refractivity contribution in [2.75, 3.05) is 0 Å². The third kappa shape index (κ3) is 5.46. The molecule has 186 valence electrons. The van der Waals surface area contributed by atoms with E-state index in [1.165, 1.54) is 0 Å². The molecule has 1 aromatic carbocycles. The second kappa shape index (κ2) is 8.91. The Labute approximate surface area is 205 Å². The van der Waals surface area contributed by atoms with Crippen LogP contribution >= 0.6 is 0 Å². The Balaban J connectivity index is 2.22. The summed E-state index contributed by atoms with van der Waals surface area (Å²) in [4.78, 5) is 0. The molecule has 0 saturated carbocycles. The van der Waals surface area contributed by atoms with Crippen LogP contribution in [0.4, 0.5) is 0 Å². The Kier molecular flexibility index (Phi) is 6.97. The molecule has 3 rings (SSSR count). The summed E-state index contributed by atoms with van der Waals surface area (Å²) >= 11 is 0. The molecule has 0 fully saturated rings. The highest BCUT2D eigenvalue weighted by Gasteiger charge is 2.33. The van der Waals surface area contributed by atoms with Gasteiger partial charge in [0, 0.05) is 0 Å². The van der Waals surface area contributed by atoms with Gasteiger partial charge >= 0.3 is 0 Å². The summed E-state index contributed by atoms with van der Waals surface area (Å²) in [5, 5.41) is 42.5. The van der Waals surface area contributed by atoms with Crippen LogP contribution in [-0.4, -0.2) is 44.8 Å². The van der Waals surface area contributed by atoms with Crippen molar-refractivity contribution in [1.29, 1.82) is 0 Å². The zero-order valence-electron chi connectivity index (χ0n) is 22.1. The third-order valence-electron chi connectivity index (χ3n) is 6.80. The van der Waals surface area contributed by atoms with Crippen molar-refractivity contribution in [2.24, 2.45) is 10.8 Å². The van der Waals surface area contributed by atoms with E-state index in [0.29, 0.717) is 0 Å². The highest BCUT2D eigenvalue weighted by molar-refractivity contribution is 5.83. The Hall–Kier alpha value is -1.98. The summed E-state index contributed by atoms with van der Waals surface area (Å²) < 4.78 is 0. The molecule has 0 aromatic heterocycles. The van der Waals surface area contributed by atoms with Crippen LogP contribution in [-0.2, 0) is 5.41 Å². The Morgan fingerprint density at radius 2 is 0.882 bits per heavy atom. The number of aliphatic hydroxyl groups is 4. The van der Waals surface area contributed by atoms with E-state index in [1.54, 1.807) is 12.2 Å². The topological polar surface area (TPSA) is 80.9 Å². The zero-order valence-corrected chi connectivity index (χ0v) is 22.1. The van der Waals surface area contributed by atoms with Crippen LogP contribution in [0.5, 0.6) is 0 Å². The summed E-state index contributed by atoms with van der Waals surface area (Å²) in [7, 11) is 0. The van der Waals surface area contributed by atoms with Crippen LogP contribution < -0.4 is 0 Å². The molecule has 0 radical (unpaired) electrons. The molecule has 0 spiro atoms. The fraction of sp³-hybridized carbons (Fsp3) is 0.533. The summed E-state index contributed by atoms with van der Waals surface area (Å²) in [5.74, 6) is 0. The van der Waals surface area contributed by atoms with Gasteiger partial charge in [0.15, 0.2) is 0 Å². The van der Waals surface area contributed by atoms with Crippen LogP contribution in [0, 0.1) is 10.8 Å². The van der Waals surface area contributed by atoms with Crippen molar-refractivity contribution in [2.45, 2.75) is 92.1 Å². The van der Waals surface area contributed by atoms with Crippen LogP contribution in [0.2, 0.25) is 0 Å². The van der Waals surface area contributed by atoms with E-state index in [9.17, 15) is 20.4 Å². The zero-order chi connectivity index (χ0) is 25.8. The monoisotopic (exact) mass is 466 g/mol. The fourth-order valence-corrected chi connectivity index (χ4v) is 4.59. The average molecular weight is 467 g/mol. The minimum Gasteiger partial charge on any atom is -0.386 e. The second-order valence-electron chi connectivity index (χ2n) is 12.9. The number of allylic oxidation sites excluding steroid dienone is 4. The first kappa shape index (κ1) is 26.6. The lowest BCUT2D eigenvalue weighted by molar-refractivity contribution is 0.0599. The quantitative estimate of drug-likeness (QED) is 0.485. The highest BCUT2D eigenvalue weighted by Crippen LogP contribution is 2.40. The van der Waals surface area contributed by atoms with E-state index in [1.807, 2.05) is 53.7 Å². The molecule has 4 N–H and O–H groups in total. The van der Waals surface area contributed by atoms with Gasteiger partial charge in [-0.15, -0.1) is 0 Å². The molecule has 0 amide bonds. The fourth-order valence-electron chi connectivity index (χ4n) is 4.59. The Bertz CT molecular complexity index is 988. The number of hydrogen-bond acceptors (Lipinski definition) is 4. The summed E-state index contributed by atoms with van der Waals surface area (Å²) in [6, 6.07) is 6.34. The number of aliphatic hydroxyl groups excluding tert-OH is 4. The van der Waals surface area contributed by atoms with Gasteiger partial charge in [-0.3, -0.25) is 0 Å². The van der Waals surface area contributed by atoms with Crippen LogP contribution in [0.3, 0.4) is 0 Å². The molecule has 4 heteroatoms. The van der Waals surface area contributed by atoms with Crippen molar-refractivity contribution in [3.8, 4) is 0 Å². The molecule has 4 unspecified atom stereocenters. The molecule has 34 heavy (non-hydrogen) atoms. The third-order valence-corrected chi connectivity index (χ3v) is 6.80. The lowest BCUT2D eigenvalue weighted by Crippen LogP contribution is -2.34. The summed E-state index contributed by atoms with van der Waals surface area (Å²) in [5.41, 5.74) is 5.64. The highest BCUT2D eigenvalue weighted by atomic mass is 16.3. The summed E-state index contributed by atoms with van der Waals surface area (Å²) in [6.07, 6.45) is 3.61. The van der Waals surface area contributed by atoms with Crippen LogP contribution in [0.25, 0.3) is 11.1 Å². The van der Waals surface area contributed by atoms with Gasteiger partial charge in [0.05, 0.1) is 0 Å². The number of rotatable bonds is 2. The average Bonchev–Trinajstić information content (AvgIpc) is 2.69. The van der Waals surface area contributed by atoms with Gasteiger partial charge in [-0.1, -0.05) is 86.6 Å². The van der Waals surface area contributed by atoms with E-state index in [2.05, 4.69) is 39.0 Å². The van der Waals surface area contributed by atoms with Crippen molar-refractivity contribution >= 4 is 11.1 Å². The maximum Gasteiger partial charge on any atom is 0.105 e. The predicted octanol–water partition coefficient (Wildman–Crippen LogP) is 5.17. The molecule has 1 aromatic rings. The minimum atomic E-state index is -0.978. The first-order chi connectivity index (χ1) is 15.4. The molecule has 4 nitrogen and oxygen atoms in total. The number of benzene rings is 1. The molecule has 2 aliphatic rings. The second-order valence-corrected chi connectivity index (χ2v) is 12.9. The molecule has 0 heterocycles. The van der Waals surface area contributed by atoms with Gasteiger partial charge in [-0.2, -0.15) is 0 Å². The molecule has 0 bridgehead atoms. The van der Waals surface area contributed by atoms with Gasteiger partial charge in [-0.05, 0) is 73.4 Å². The molecule has 2 aliphatic carbocycles. The minimum absolute atomic E-state index is 0.126. The standard InChI is InChI=1S/C30H42O4/c1-28(2,3)21-11-17(19-13-22(29(4,5)6)26(33)24(31)15-19)10-18(12-21)20-14-23(30(7,8)9)27(34)25(32)16-20/h10-16,24-27,31-34H,1-9H3. The summed E-state index contributed by atoms with van der Waals surface area (Å²) in [6.45, 7) is 18.7. The molecule has 4 atom stereocenters. The first-order valence-corrected chi connectivity index (χ1v) is 12.2. The first-order valence-electron chi connectivity index (χ1n) is 12.2. The molecule has 0 aliphatic heterocycles. The smallest absolute Gasteiger partial charge is 0.105 e. The SMILES string of the molecule is CC(C)(C)C1=CC(c2cc(C3=CC(O)C(O)C(C(C)(C)C)=C3)cc(C(C)(C)C)c2)=CC(O)C1O. The lowest BCUT2D eigenvalue weighted by Gasteiger charge is -2.34. The predicted molar refractivity (Wildman–Crippen MR) is 140 cm³/mol. The largest absolute Gasteiger partial charge is 0.386 e. The molecular formula is C30H42O4. The van der Waals surface area contributed by atoms with Gasteiger partial charge < -0.3 is 20.4 Å². The van der Waals surface area contributed by atoms with E-state index in [0.717, 1.165) is 39.0 Å². The Morgan fingerprint density at radius 3 is 1.18 bits per heavy atom. The van der Waals surface area contributed by atoms with Crippen molar-refractivity contribution in [1.82, 2.24) is 0 Å². The van der Waals surface area contributed by atoms with Crippen LogP contribution in [0.1, 0.15) is 79.0 Å². The maximum atomic E-state index is 10.6. The van der Waals surface area contributed by atoms with Gasteiger partial charge in [-0.25, -0.2) is 0 Å². The van der Waals surface area contributed by atoms with Gasteiger partial charge in [0.2, 0.25) is 0 Å². The normalized spacial score (nSPS) is 26.5. The van der Waals surface area contributed by atoms with E-state index >= 15 is 0 Å². The lowest BCUT2D eigenvalue weighted by atomic mass is 9.75. The van der Waals surface area contributed by atoms with Gasteiger partial charge in [0.1, 0.15) is 24.4 Å². The van der Waals surface area contributed by atoms with E-state index < -0.39 is 24.4 Å². The van der Waals surface area contributed by atoms with Gasteiger partial charge in [0.25, 0.3) is 0 Å². The maximum absolute atomic E-state index is 10.6. The van der Waals surface area contributed by atoms with Crippen molar-refractivity contribution in [3.63, 3.8) is 0 Å². The van der Waals surface area contributed by atoms with E-state index in [-0.39, 0.29) is 16.2 Å². The Morgan fingerprint density at radius 1 is 0.529 bits per heavy atom. The van der Waals surface area contributed by atoms with Crippen molar-refractivity contribution in [3.05, 3.63) is 70.3 Å². The number of hydrogen-bond donors (Lipinski definition) is 4. The van der Waals surface area contributed by atoms with E-state index in [4.69, 9.17) is 0 Å². The molecular weight excluding hydrogens is 424 g/mol. The van der Waals surface area contributed by atoms with Crippen LogP contribution in [0.15, 0.2) is 53.6 Å². The van der Waals surface area contributed by atoms with Crippen molar-refractivity contribution < 1.29 is 20.4 Å².